The predicted octanol–water partition coefficient (Wildman–Crippen LogP) is 2.51. The first kappa shape index (κ1) is 10.7. The summed E-state index contributed by atoms with van der Waals surface area (Å²) in [6.45, 7) is 0. The van der Waals surface area contributed by atoms with Gasteiger partial charge < -0.3 is 14.7 Å². The summed E-state index contributed by atoms with van der Waals surface area (Å²) in [7, 11) is 0. The summed E-state index contributed by atoms with van der Waals surface area (Å²) in [5, 5.41) is 21.9. The van der Waals surface area contributed by atoms with Crippen LogP contribution in [0.25, 0.3) is 11.3 Å². The van der Waals surface area contributed by atoms with Gasteiger partial charge in [0.25, 0.3) is 0 Å². The highest BCUT2D eigenvalue weighted by Gasteiger charge is 2.16. The van der Waals surface area contributed by atoms with Crippen LogP contribution in [0.2, 0.25) is 0 Å². The standard InChI is InChI=1S/C10H6BrNO4/c11-5-2-1-3-7(13)9(5)6-4-8(10(14)15)16-12-6/h1-4,13H,(H,14,15). The average Bonchev–Trinajstić information content (AvgIpc) is 2.66. The van der Waals surface area contributed by atoms with Gasteiger partial charge in [-0.2, -0.15) is 0 Å². The second-order valence-corrected chi connectivity index (χ2v) is 3.87. The largest absolute Gasteiger partial charge is 0.507 e. The Bertz CT molecular complexity index is 529. The van der Waals surface area contributed by atoms with E-state index in [0.29, 0.717) is 10.0 Å². The maximum absolute atomic E-state index is 10.6. The number of phenolic OH excluding ortho intramolecular Hbond substituents is 1. The van der Waals surface area contributed by atoms with Gasteiger partial charge in [0, 0.05) is 10.5 Å². The van der Waals surface area contributed by atoms with Crippen molar-refractivity contribution in [1.29, 1.82) is 0 Å². The molecular formula is C10H6BrNO4. The van der Waals surface area contributed by atoms with Crippen molar-refractivity contribution in [1.82, 2.24) is 5.16 Å². The average molecular weight is 284 g/mol. The fraction of sp³-hybridized carbons (Fsp3) is 0. The molecule has 16 heavy (non-hydrogen) atoms. The van der Waals surface area contributed by atoms with Gasteiger partial charge in [0.2, 0.25) is 5.76 Å². The first-order chi connectivity index (χ1) is 7.59. The SMILES string of the molecule is O=C(O)c1cc(-c2c(O)cccc2Br)no1. The Morgan fingerprint density at radius 2 is 2.19 bits per heavy atom. The highest BCUT2D eigenvalue weighted by atomic mass is 79.9. The Balaban J connectivity index is 2.54. The van der Waals surface area contributed by atoms with Crippen LogP contribution in [0.1, 0.15) is 10.6 Å². The zero-order valence-electron chi connectivity index (χ0n) is 7.85. The van der Waals surface area contributed by atoms with Gasteiger partial charge in [-0.05, 0) is 28.1 Å². The summed E-state index contributed by atoms with van der Waals surface area (Å²) in [6, 6.07) is 6.10. The van der Waals surface area contributed by atoms with Crippen LogP contribution in [0.15, 0.2) is 33.3 Å². The Hall–Kier alpha value is -1.82. The number of rotatable bonds is 2. The summed E-state index contributed by atoms with van der Waals surface area (Å²) in [5.41, 5.74) is 0.668. The van der Waals surface area contributed by atoms with Gasteiger partial charge in [-0.25, -0.2) is 4.79 Å². The van der Waals surface area contributed by atoms with E-state index >= 15 is 0 Å². The van der Waals surface area contributed by atoms with Crippen molar-refractivity contribution in [2.24, 2.45) is 0 Å². The van der Waals surface area contributed by atoms with E-state index in [1.165, 1.54) is 12.1 Å². The Morgan fingerprint density at radius 1 is 1.44 bits per heavy atom. The Labute approximate surface area is 98.4 Å². The first-order valence-electron chi connectivity index (χ1n) is 4.27. The lowest BCUT2D eigenvalue weighted by Crippen LogP contribution is -1.91. The number of carboxylic acid groups (broad SMARTS) is 1. The van der Waals surface area contributed by atoms with Crippen molar-refractivity contribution >= 4 is 21.9 Å². The number of nitrogens with zero attached hydrogens (tertiary/aromatic N) is 1. The van der Waals surface area contributed by atoms with Crippen molar-refractivity contribution < 1.29 is 19.5 Å². The van der Waals surface area contributed by atoms with Gasteiger partial charge in [0.05, 0.1) is 5.56 Å². The van der Waals surface area contributed by atoms with Gasteiger partial charge in [-0.15, -0.1) is 0 Å². The van der Waals surface area contributed by atoms with Gasteiger partial charge in [0.1, 0.15) is 11.4 Å². The molecule has 0 amide bonds. The highest BCUT2D eigenvalue weighted by molar-refractivity contribution is 9.10. The predicted molar refractivity (Wildman–Crippen MR) is 58.3 cm³/mol. The lowest BCUT2D eigenvalue weighted by molar-refractivity contribution is 0.0652. The number of benzene rings is 1. The molecule has 82 valence electrons. The maximum Gasteiger partial charge on any atom is 0.374 e. The molecule has 0 saturated heterocycles. The zero-order valence-corrected chi connectivity index (χ0v) is 9.43. The molecule has 0 aliphatic rings. The Kier molecular flexibility index (Phi) is 2.66. The molecule has 6 heteroatoms. The zero-order chi connectivity index (χ0) is 11.7. The second kappa shape index (κ2) is 3.97. The first-order valence-corrected chi connectivity index (χ1v) is 5.06. The van der Waals surface area contributed by atoms with Crippen LogP contribution in [-0.2, 0) is 0 Å². The van der Waals surface area contributed by atoms with Crippen molar-refractivity contribution in [3.8, 4) is 17.0 Å². The van der Waals surface area contributed by atoms with Crippen molar-refractivity contribution in [3.05, 3.63) is 34.5 Å². The monoisotopic (exact) mass is 283 g/mol. The smallest absolute Gasteiger partial charge is 0.374 e. The quantitative estimate of drug-likeness (QED) is 0.885. The van der Waals surface area contributed by atoms with E-state index in [4.69, 9.17) is 5.11 Å². The molecule has 2 aromatic rings. The van der Waals surface area contributed by atoms with Gasteiger partial charge in [-0.1, -0.05) is 11.2 Å². The number of carboxylic acids is 1. The lowest BCUT2D eigenvalue weighted by Gasteiger charge is -2.01. The molecule has 0 spiro atoms. The molecule has 0 bridgehead atoms. The molecule has 0 fully saturated rings. The number of hydrogen-bond donors (Lipinski definition) is 2. The number of carbonyl (C=O) groups is 1. The Morgan fingerprint density at radius 3 is 2.75 bits per heavy atom. The summed E-state index contributed by atoms with van der Waals surface area (Å²) >= 11 is 3.24. The van der Waals surface area contributed by atoms with E-state index < -0.39 is 5.97 Å². The van der Waals surface area contributed by atoms with Crippen LogP contribution >= 0.6 is 15.9 Å². The van der Waals surface area contributed by atoms with Crippen molar-refractivity contribution in [3.63, 3.8) is 0 Å². The topological polar surface area (TPSA) is 83.6 Å². The van der Waals surface area contributed by atoms with Crippen LogP contribution in [0.5, 0.6) is 5.75 Å². The highest BCUT2D eigenvalue weighted by Crippen LogP contribution is 2.35. The van der Waals surface area contributed by atoms with Crippen LogP contribution in [0.4, 0.5) is 0 Å². The summed E-state index contributed by atoms with van der Waals surface area (Å²) in [5.74, 6) is -1.48. The van der Waals surface area contributed by atoms with E-state index in [-0.39, 0.29) is 17.2 Å². The van der Waals surface area contributed by atoms with E-state index in [1.54, 1.807) is 12.1 Å². The molecule has 1 aromatic heterocycles. The molecule has 1 aromatic carbocycles. The fourth-order valence-electron chi connectivity index (χ4n) is 1.26. The van der Waals surface area contributed by atoms with E-state index in [2.05, 4.69) is 25.6 Å². The van der Waals surface area contributed by atoms with Crippen LogP contribution in [0, 0.1) is 0 Å². The molecular weight excluding hydrogens is 278 g/mol. The molecule has 0 aliphatic carbocycles. The molecule has 0 aliphatic heterocycles. The minimum atomic E-state index is -1.20. The second-order valence-electron chi connectivity index (χ2n) is 3.02. The molecule has 0 atom stereocenters. The van der Waals surface area contributed by atoms with Crippen molar-refractivity contribution in [2.75, 3.05) is 0 Å². The molecule has 1 heterocycles. The molecule has 2 rings (SSSR count). The van der Waals surface area contributed by atoms with Crippen molar-refractivity contribution in [2.45, 2.75) is 0 Å². The fourth-order valence-corrected chi connectivity index (χ4v) is 1.82. The third kappa shape index (κ3) is 1.79. The minimum absolute atomic E-state index is 0.000358. The number of hydrogen-bond acceptors (Lipinski definition) is 4. The third-order valence-electron chi connectivity index (χ3n) is 1.97. The minimum Gasteiger partial charge on any atom is -0.507 e. The molecule has 5 nitrogen and oxygen atoms in total. The van der Waals surface area contributed by atoms with Crippen LogP contribution in [0.3, 0.4) is 0 Å². The summed E-state index contributed by atoms with van der Waals surface area (Å²) in [6.07, 6.45) is 0. The number of aromatic nitrogens is 1. The number of aromatic carboxylic acids is 1. The summed E-state index contributed by atoms with van der Waals surface area (Å²) in [4.78, 5) is 10.6. The normalized spacial score (nSPS) is 10.3. The third-order valence-corrected chi connectivity index (χ3v) is 2.63. The van der Waals surface area contributed by atoms with E-state index in [0.717, 1.165) is 0 Å². The lowest BCUT2D eigenvalue weighted by atomic mass is 10.1. The van der Waals surface area contributed by atoms with E-state index in [1.807, 2.05) is 0 Å². The van der Waals surface area contributed by atoms with Crippen LogP contribution in [-0.4, -0.2) is 21.3 Å². The maximum atomic E-state index is 10.6. The number of aromatic hydroxyl groups is 1. The van der Waals surface area contributed by atoms with Gasteiger partial charge >= 0.3 is 5.97 Å². The molecule has 0 unspecified atom stereocenters. The van der Waals surface area contributed by atoms with Gasteiger partial charge in [-0.3, -0.25) is 0 Å². The molecule has 0 radical (unpaired) electrons. The van der Waals surface area contributed by atoms with Crippen LogP contribution < -0.4 is 0 Å². The van der Waals surface area contributed by atoms with E-state index in [9.17, 15) is 9.90 Å². The summed E-state index contributed by atoms with van der Waals surface area (Å²) < 4.78 is 5.22. The number of phenols is 1. The molecule has 0 saturated carbocycles. The number of halogens is 1. The van der Waals surface area contributed by atoms with Gasteiger partial charge in [0.15, 0.2) is 0 Å². The molecule has 2 N–H and O–H groups in total.